The molecule has 0 bridgehead atoms. The van der Waals surface area contributed by atoms with Crippen molar-refractivity contribution in [1.82, 2.24) is 0 Å². The summed E-state index contributed by atoms with van der Waals surface area (Å²) in [5.41, 5.74) is 0.0780. The molecule has 4 fully saturated rings. The highest BCUT2D eigenvalue weighted by Gasteiger charge is 2.56. The summed E-state index contributed by atoms with van der Waals surface area (Å²) in [6.07, 6.45) is 13.5. The van der Waals surface area contributed by atoms with Gasteiger partial charge in [-0.15, -0.1) is 0 Å². The second-order valence-electron chi connectivity index (χ2n) is 8.94. The fourth-order valence-corrected chi connectivity index (χ4v) is 7.09. The van der Waals surface area contributed by atoms with Crippen molar-refractivity contribution in [2.45, 2.75) is 78.1 Å². The molecular weight excluding hydrogens is 256 g/mol. The molecule has 0 spiro atoms. The van der Waals surface area contributed by atoms with Gasteiger partial charge in [-0.25, -0.2) is 0 Å². The number of ketones is 1. The summed E-state index contributed by atoms with van der Waals surface area (Å²) in [5, 5.41) is 0. The van der Waals surface area contributed by atoms with Gasteiger partial charge in [-0.1, -0.05) is 26.7 Å². The van der Waals surface area contributed by atoms with Gasteiger partial charge in [-0.2, -0.15) is 0 Å². The Bertz CT molecular complexity index is 428. The first-order valence-corrected chi connectivity index (χ1v) is 9.66. The van der Waals surface area contributed by atoms with Crippen LogP contribution in [0.4, 0.5) is 0 Å². The molecule has 4 aliphatic carbocycles. The summed E-state index contributed by atoms with van der Waals surface area (Å²) < 4.78 is 0. The lowest BCUT2D eigenvalue weighted by Gasteiger charge is -2.55. The molecule has 0 aliphatic heterocycles. The van der Waals surface area contributed by atoms with Crippen LogP contribution in [-0.2, 0) is 4.79 Å². The minimum Gasteiger partial charge on any atom is -0.299 e. The van der Waals surface area contributed by atoms with Crippen LogP contribution in [0, 0.1) is 40.9 Å². The van der Waals surface area contributed by atoms with Crippen molar-refractivity contribution in [1.29, 1.82) is 0 Å². The van der Waals surface area contributed by atoms with Crippen molar-refractivity contribution >= 4 is 5.78 Å². The zero-order chi connectivity index (χ0) is 14.6. The third-order valence-corrected chi connectivity index (χ3v) is 8.35. The van der Waals surface area contributed by atoms with E-state index in [4.69, 9.17) is 0 Å². The van der Waals surface area contributed by atoms with Gasteiger partial charge < -0.3 is 0 Å². The smallest absolute Gasteiger partial charge is 0.139 e. The summed E-state index contributed by atoms with van der Waals surface area (Å²) >= 11 is 0. The summed E-state index contributed by atoms with van der Waals surface area (Å²) in [5.74, 6) is 6.29. The maximum absolute atomic E-state index is 12.4. The van der Waals surface area contributed by atoms with E-state index in [0.717, 1.165) is 41.9 Å². The van der Waals surface area contributed by atoms with Gasteiger partial charge in [0, 0.05) is 11.8 Å². The van der Waals surface area contributed by atoms with E-state index < -0.39 is 0 Å². The third-order valence-electron chi connectivity index (χ3n) is 8.35. The van der Waals surface area contributed by atoms with Gasteiger partial charge in [0.05, 0.1) is 0 Å². The largest absolute Gasteiger partial charge is 0.299 e. The number of hydrogen-bond donors (Lipinski definition) is 0. The van der Waals surface area contributed by atoms with E-state index in [9.17, 15) is 4.79 Å². The lowest BCUT2D eigenvalue weighted by molar-refractivity contribution is -0.133. The van der Waals surface area contributed by atoms with Crippen LogP contribution in [0.2, 0.25) is 0 Å². The zero-order valence-electron chi connectivity index (χ0n) is 13.9. The molecule has 4 aliphatic rings. The van der Waals surface area contributed by atoms with Crippen molar-refractivity contribution in [3.8, 4) is 0 Å². The van der Waals surface area contributed by atoms with Gasteiger partial charge in [0.2, 0.25) is 0 Å². The molecule has 0 aromatic carbocycles. The lowest BCUT2D eigenvalue weighted by atomic mass is 9.50. The highest BCUT2D eigenvalue weighted by Crippen LogP contribution is 2.61. The number of carbonyl (C=O) groups is 1. The first-order valence-electron chi connectivity index (χ1n) is 9.66. The number of Topliss-reactive ketones (excluding diaryl/α,β-unsaturated/α-hetero) is 1. The Morgan fingerprint density at radius 3 is 2.62 bits per heavy atom. The van der Waals surface area contributed by atoms with Crippen LogP contribution >= 0.6 is 0 Å². The first kappa shape index (κ1) is 14.3. The minimum absolute atomic E-state index is 0.0780. The average molecular weight is 288 g/mol. The molecule has 1 heteroatoms. The molecule has 0 N–H and O–H groups in total. The summed E-state index contributed by atoms with van der Waals surface area (Å²) in [6, 6.07) is 0. The Morgan fingerprint density at radius 1 is 1.00 bits per heavy atom. The lowest BCUT2D eigenvalue weighted by Crippen LogP contribution is -2.48. The Labute approximate surface area is 130 Å². The van der Waals surface area contributed by atoms with Gasteiger partial charge in [-0.05, 0) is 80.5 Å². The molecule has 4 rings (SSSR count). The molecule has 118 valence electrons. The molecule has 0 radical (unpaired) electrons. The topological polar surface area (TPSA) is 17.1 Å². The Kier molecular flexibility index (Phi) is 3.47. The Balaban J connectivity index is 1.54. The second kappa shape index (κ2) is 5.10. The van der Waals surface area contributed by atoms with E-state index in [1.165, 1.54) is 57.8 Å². The first-order chi connectivity index (χ1) is 10.1. The van der Waals surface area contributed by atoms with Crippen molar-refractivity contribution in [3.63, 3.8) is 0 Å². The van der Waals surface area contributed by atoms with E-state index >= 15 is 0 Å². The van der Waals surface area contributed by atoms with Gasteiger partial charge in [0.1, 0.15) is 5.78 Å². The van der Waals surface area contributed by atoms with Gasteiger partial charge in [-0.3, -0.25) is 4.79 Å². The summed E-state index contributed by atoms with van der Waals surface area (Å²) in [7, 11) is 0. The zero-order valence-corrected chi connectivity index (χ0v) is 13.9. The SMILES string of the molecule is CCC1CC[C@H]2C(CCC3C2CC[C@]2(C)C(=O)CCC32)C1. The number of rotatable bonds is 1. The summed E-state index contributed by atoms with van der Waals surface area (Å²) in [6.45, 7) is 4.69. The van der Waals surface area contributed by atoms with Crippen LogP contribution in [0.25, 0.3) is 0 Å². The van der Waals surface area contributed by atoms with E-state index in [2.05, 4.69) is 13.8 Å². The van der Waals surface area contributed by atoms with E-state index in [0.29, 0.717) is 5.78 Å². The summed E-state index contributed by atoms with van der Waals surface area (Å²) in [4.78, 5) is 12.4. The molecule has 0 aromatic rings. The van der Waals surface area contributed by atoms with Crippen molar-refractivity contribution in [2.24, 2.45) is 40.9 Å². The fraction of sp³-hybridized carbons (Fsp3) is 0.950. The normalized spacial score (nSPS) is 53.0. The van der Waals surface area contributed by atoms with Crippen LogP contribution in [-0.4, -0.2) is 5.78 Å². The maximum Gasteiger partial charge on any atom is 0.139 e. The van der Waals surface area contributed by atoms with Crippen LogP contribution in [0.1, 0.15) is 78.1 Å². The monoisotopic (exact) mass is 288 g/mol. The number of carbonyl (C=O) groups excluding carboxylic acids is 1. The van der Waals surface area contributed by atoms with Crippen molar-refractivity contribution in [3.05, 3.63) is 0 Å². The third kappa shape index (κ3) is 2.05. The van der Waals surface area contributed by atoms with Crippen LogP contribution in [0.15, 0.2) is 0 Å². The minimum atomic E-state index is 0.0780. The Morgan fingerprint density at radius 2 is 1.81 bits per heavy atom. The molecule has 0 heterocycles. The van der Waals surface area contributed by atoms with Crippen molar-refractivity contribution < 1.29 is 4.79 Å². The molecule has 0 saturated heterocycles. The van der Waals surface area contributed by atoms with Gasteiger partial charge in [0.25, 0.3) is 0 Å². The van der Waals surface area contributed by atoms with Crippen LogP contribution in [0.5, 0.6) is 0 Å². The average Bonchev–Trinajstić information content (AvgIpc) is 2.82. The number of hydrogen-bond acceptors (Lipinski definition) is 1. The van der Waals surface area contributed by atoms with E-state index in [1.807, 2.05) is 0 Å². The molecule has 21 heavy (non-hydrogen) atoms. The Hall–Kier alpha value is -0.330. The van der Waals surface area contributed by atoms with E-state index in [1.54, 1.807) is 0 Å². The highest BCUT2D eigenvalue weighted by atomic mass is 16.1. The molecule has 5 unspecified atom stereocenters. The van der Waals surface area contributed by atoms with Gasteiger partial charge in [0.15, 0.2) is 0 Å². The predicted octanol–water partition coefficient (Wildman–Crippen LogP) is 5.23. The molecular formula is C20H32O. The van der Waals surface area contributed by atoms with Crippen molar-refractivity contribution in [2.75, 3.05) is 0 Å². The van der Waals surface area contributed by atoms with Crippen LogP contribution < -0.4 is 0 Å². The second-order valence-corrected chi connectivity index (χ2v) is 8.94. The van der Waals surface area contributed by atoms with Gasteiger partial charge >= 0.3 is 0 Å². The molecule has 0 amide bonds. The molecule has 7 atom stereocenters. The number of fused-ring (bicyclic) bond motifs is 5. The quantitative estimate of drug-likeness (QED) is 0.645. The van der Waals surface area contributed by atoms with Crippen LogP contribution in [0.3, 0.4) is 0 Å². The maximum atomic E-state index is 12.4. The van der Waals surface area contributed by atoms with E-state index in [-0.39, 0.29) is 5.41 Å². The fourth-order valence-electron chi connectivity index (χ4n) is 7.09. The standard InChI is InChI=1S/C20H32O/c1-3-13-4-6-15-14(12-13)5-7-17-16(15)10-11-20(2)18(17)8-9-19(20)21/h13-18H,3-12H2,1-2H3/t13?,14?,15-,16?,17?,18?,20-/m0/s1. The molecule has 4 saturated carbocycles. The molecule has 0 aromatic heterocycles. The molecule has 1 nitrogen and oxygen atoms in total. The predicted molar refractivity (Wildman–Crippen MR) is 85.9 cm³/mol. The highest BCUT2D eigenvalue weighted by molar-refractivity contribution is 5.87.